The van der Waals surface area contributed by atoms with Gasteiger partial charge in [-0.05, 0) is 55.5 Å². The summed E-state index contributed by atoms with van der Waals surface area (Å²) in [7, 11) is 1.51. The number of para-hydroxylation sites is 1. The first kappa shape index (κ1) is 23.8. The number of aromatic nitrogens is 1. The van der Waals surface area contributed by atoms with Gasteiger partial charge in [0.2, 0.25) is 0 Å². The number of aliphatic hydroxyl groups is 1. The Balaban J connectivity index is 1.72. The lowest BCUT2D eigenvalue weighted by Crippen LogP contribution is -2.29. The summed E-state index contributed by atoms with van der Waals surface area (Å²) in [6.45, 7) is 2.42. The minimum atomic E-state index is -0.955. The molecule has 1 atom stereocenters. The van der Waals surface area contributed by atoms with Gasteiger partial charge in [0.05, 0.1) is 29.5 Å². The molecule has 0 radical (unpaired) electrons. The van der Waals surface area contributed by atoms with Crippen LogP contribution in [-0.4, -0.2) is 35.5 Å². The molecule has 3 aromatic carbocycles. The van der Waals surface area contributed by atoms with Gasteiger partial charge in [-0.1, -0.05) is 41.1 Å². The van der Waals surface area contributed by atoms with Gasteiger partial charge in [-0.2, -0.15) is 0 Å². The number of thiazole rings is 1. The topological polar surface area (TPSA) is 89.0 Å². The quantitative estimate of drug-likeness (QED) is 0.191. The third kappa shape index (κ3) is 4.08. The standard InChI is InChI=1S/C27H21ClN2O5S/c1-3-35-17-12-13-19-21(14-17)36-27(29-19)30-23(18-6-4-5-7-20(18)34-2)22(25(32)26(30)33)24(31)15-8-10-16(28)11-9-15/h4-14,23,31H,3H2,1-2H3/b24-22+/t23-/m0/s1. The number of amides is 1. The zero-order chi connectivity index (χ0) is 25.4. The Morgan fingerprint density at radius 2 is 1.86 bits per heavy atom. The van der Waals surface area contributed by atoms with Crippen LogP contribution in [0.1, 0.15) is 24.1 Å². The number of rotatable bonds is 6. The normalized spacial score (nSPS) is 17.1. The lowest BCUT2D eigenvalue weighted by Gasteiger charge is -2.24. The molecule has 1 saturated heterocycles. The smallest absolute Gasteiger partial charge is 0.301 e. The summed E-state index contributed by atoms with van der Waals surface area (Å²) in [5.41, 5.74) is 1.52. The highest BCUT2D eigenvalue weighted by Crippen LogP contribution is 2.46. The van der Waals surface area contributed by atoms with Gasteiger partial charge in [0.15, 0.2) is 5.13 Å². The molecule has 5 rings (SSSR count). The predicted molar refractivity (Wildman–Crippen MR) is 140 cm³/mol. The third-order valence-corrected chi connectivity index (χ3v) is 7.13. The number of hydrogen-bond donors (Lipinski definition) is 1. The molecule has 182 valence electrons. The van der Waals surface area contributed by atoms with Crippen LogP contribution >= 0.6 is 22.9 Å². The van der Waals surface area contributed by atoms with Gasteiger partial charge < -0.3 is 14.6 Å². The number of fused-ring (bicyclic) bond motifs is 1. The number of ether oxygens (including phenoxy) is 2. The van der Waals surface area contributed by atoms with Crippen LogP contribution in [0.25, 0.3) is 16.0 Å². The van der Waals surface area contributed by atoms with Gasteiger partial charge in [0.1, 0.15) is 23.3 Å². The van der Waals surface area contributed by atoms with Crippen molar-refractivity contribution < 1.29 is 24.2 Å². The third-order valence-electron chi connectivity index (χ3n) is 5.86. The van der Waals surface area contributed by atoms with E-state index in [1.54, 1.807) is 48.5 Å². The molecular formula is C27H21ClN2O5S. The number of carbonyl (C=O) groups excluding carboxylic acids is 2. The molecule has 1 amide bonds. The van der Waals surface area contributed by atoms with Gasteiger partial charge in [-0.25, -0.2) is 4.98 Å². The molecule has 2 heterocycles. The molecule has 1 aliphatic heterocycles. The number of halogens is 1. The lowest BCUT2D eigenvalue weighted by molar-refractivity contribution is -0.132. The van der Waals surface area contributed by atoms with E-state index in [1.165, 1.54) is 23.3 Å². The fraction of sp³-hybridized carbons (Fsp3) is 0.148. The summed E-state index contributed by atoms with van der Waals surface area (Å²) in [6, 6.07) is 18.0. The minimum Gasteiger partial charge on any atom is -0.507 e. The molecule has 1 aliphatic rings. The number of ketones is 1. The van der Waals surface area contributed by atoms with Crippen molar-refractivity contribution in [3.8, 4) is 11.5 Å². The van der Waals surface area contributed by atoms with Crippen molar-refractivity contribution in [1.82, 2.24) is 4.98 Å². The van der Waals surface area contributed by atoms with Crippen LogP contribution < -0.4 is 14.4 Å². The number of aliphatic hydroxyl groups excluding tert-OH is 1. The van der Waals surface area contributed by atoms with E-state index in [0.717, 1.165) is 4.70 Å². The summed E-state index contributed by atoms with van der Waals surface area (Å²) >= 11 is 7.27. The van der Waals surface area contributed by atoms with Crippen molar-refractivity contribution in [3.63, 3.8) is 0 Å². The van der Waals surface area contributed by atoms with E-state index in [9.17, 15) is 14.7 Å². The number of benzene rings is 3. The monoisotopic (exact) mass is 520 g/mol. The molecule has 1 N–H and O–H groups in total. The lowest BCUT2D eigenvalue weighted by atomic mass is 9.95. The average Bonchev–Trinajstić information content (AvgIpc) is 3.42. The Hall–Kier alpha value is -3.88. The molecule has 0 unspecified atom stereocenters. The summed E-state index contributed by atoms with van der Waals surface area (Å²) in [6.07, 6.45) is 0. The van der Waals surface area contributed by atoms with Crippen LogP contribution in [0.15, 0.2) is 72.3 Å². The Kier molecular flexibility index (Phi) is 6.38. The summed E-state index contributed by atoms with van der Waals surface area (Å²) in [5.74, 6) is -0.747. The highest BCUT2D eigenvalue weighted by Gasteiger charge is 2.49. The molecule has 9 heteroatoms. The molecule has 0 spiro atoms. The van der Waals surface area contributed by atoms with Gasteiger partial charge >= 0.3 is 5.91 Å². The first-order valence-corrected chi connectivity index (χ1v) is 12.4. The van der Waals surface area contributed by atoms with Crippen molar-refractivity contribution in [2.75, 3.05) is 18.6 Å². The van der Waals surface area contributed by atoms with E-state index in [1.807, 2.05) is 25.1 Å². The first-order chi connectivity index (χ1) is 17.4. The number of Topliss-reactive ketones (excluding diaryl/α,β-unsaturated/α-hetero) is 1. The van der Waals surface area contributed by atoms with E-state index in [0.29, 0.717) is 44.9 Å². The van der Waals surface area contributed by atoms with Crippen molar-refractivity contribution in [2.24, 2.45) is 0 Å². The van der Waals surface area contributed by atoms with Crippen LogP contribution in [0, 0.1) is 0 Å². The van der Waals surface area contributed by atoms with E-state index >= 15 is 0 Å². The van der Waals surface area contributed by atoms with Crippen LogP contribution in [0.5, 0.6) is 11.5 Å². The van der Waals surface area contributed by atoms with E-state index in [4.69, 9.17) is 21.1 Å². The van der Waals surface area contributed by atoms with Gasteiger partial charge in [-0.15, -0.1) is 0 Å². The summed E-state index contributed by atoms with van der Waals surface area (Å²) in [5, 5.41) is 12.1. The molecule has 7 nitrogen and oxygen atoms in total. The van der Waals surface area contributed by atoms with Crippen LogP contribution in [0.4, 0.5) is 5.13 Å². The van der Waals surface area contributed by atoms with Crippen molar-refractivity contribution >= 4 is 55.7 Å². The van der Waals surface area contributed by atoms with Crippen molar-refractivity contribution in [3.05, 3.63) is 88.5 Å². The average molecular weight is 521 g/mol. The second-order valence-corrected chi connectivity index (χ2v) is 9.42. The van der Waals surface area contributed by atoms with Crippen LogP contribution in [0.3, 0.4) is 0 Å². The molecule has 4 aromatic rings. The second-order valence-electron chi connectivity index (χ2n) is 7.98. The van der Waals surface area contributed by atoms with Crippen LogP contribution in [-0.2, 0) is 9.59 Å². The Morgan fingerprint density at radius 1 is 1.11 bits per heavy atom. The first-order valence-electron chi connectivity index (χ1n) is 11.2. The minimum absolute atomic E-state index is 0.0546. The predicted octanol–water partition coefficient (Wildman–Crippen LogP) is 5.98. The highest BCUT2D eigenvalue weighted by molar-refractivity contribution is 7.22. The molecular weight excluding hydrogens is 500 g/mol. The van der Waals surface area contributed by atoms with E-state index in [-0.39, 0.29) is 11.3 Å². The number of nitrogens with zero attached hydrogens (tertiary/aromatic N) is 2. The highest BCUT2D eigenvalue weighted by atomic mass is 35.5. The molecule has 0 aliphatic carbocycles. The van der Waals surface area contributed by atoms with Gasteiger partial charge in [0, 0.05) is 16.1 Å². The zero-order valence-corrected chi connectivity index (χ0v) is 21.0. The summed E-state index contributed by atoms with van der Waals surface area (Å²) in [4.78, 5) is 32.8. The maximum atomic E-state index is 13.4. The number of hydrogen-bond acceptors (Lipinski definition) is 7. The maximum absolute atomic E-state index is 13.4. The van der Waals surface area contributed by atoms with E-state index < -0.39 is 17.7 Å². The molecule has 0 saturated carbocycles. The summed E-state index contributed by atoms with van der Waals surface area (Å²) < 4.78 is 12.0. The molecule has 36 heavy (non-hydrogen) atoms. The van der Waals surface area contributed by atoms with Crippen molar-refractivity contribution in [2.45, 2.75) is 13.0 Å². The Bertz CT molecular complexity index is 1510. The molecule has 0 bridgehead atoms. The number of methoxy groups -OCH3 is 1. The van der Waals surface area contributed by atoms with E-state index in [2.05, 4.69) is 4.98 Å². The van der Waals surface area contributed by atoms with Gasteiger partial charge in [-0.3, -0.25) is 14.5 Å². The second kappa shape index (κ2) is 9.64. The largest absolute Gasteiger partial charge is 0.507 e. The molecule has 1 fully saturated rings. The maximum Gasteiger partial charge on any atom is 0.301 e. The molecule has 1 aromatic heterocycles. The Morgan fingerprint density at radius 3 is 2.58 bits per heavy atom. The van der Waals surface area contributed by atoms with Crippen molar-refractivity contribution in [1.29, 1.82) is 0 Å². The number of anilines is 1. The fourth-order valence-corrected chi connectivity index (χ4v) is 5.38. The SMILES string of the molecule is CCOc1ccc2nc(N3C(=O)C(=O)/C(=C(/O)c4ccc(Cl)cc4)[C@@H]3c3ccccc3OC)sc2c1. The number of carbonyl (C=O) groups is 2. The van der Waals surface area contributed by atoms with Gasteiger partial charge in [0.25, 0.3) is 5.78 Å². The Labute approximate surface area is 216 Å². The fourth-order valence-electron chi connectivity index (χ4n) is 4.23. The zero-order valence-electron chi connectivity index (χ0n) is 19.4. The van der Waals surface area contributed by atoms with Crippen LogP contribution in [0.2, 0.25) is 5.02 Å².